The van der Waals surface area contributed by atoms with Gasteiger partial charge < -0.3 is 5.32 Å². The van der Waals surface area contributed by atoms with Gasteiger partial charge in [0.1, 0.15) is 11.6 Å². The lowest BCUT2D eigenvalue weighted by Gasteiger charge is -2.13. The molecule has 0 saturated heterocycles. The lowest BCUT2D eigenvalue weighted by molar-refractivity contribution is -0.119. The Morgan fingerprint density at radius 2 is 1.95 bits per heavy atom. The number of hydrogen-bond donors (Lipinski definition) is 1. The van der Waals surface area contributed by atoms with Crippen LogP contribution in [0, 0.1) is 13.8 Å². The van der Waals surface area contributed by atoms with Gasteiger partial charge in [-0.25, -0.2) is 0 Å². The Morgan fingerprint density at radius 1 is 1.32 bits per heavy atom. The highest BCUT2D eigenvalue weighted by atomic mass is 35.5. The van der Waals surface area contributed by atoms with Gasteiger partial charge in [-0.05, 0) is 37.6 Å². The molecule has 0 atom stereocenters. The molecule has 6 heteroatoms. The lowest BCUT2D eigenvalue weighted by atomic mass is 10.1. The fourth-order valence-corrected chi connectivity index (χ4v) is 2.15. The van der Waals surface area contributed by atoms with Crippen LogP contribution >= 0.6 is 11.6 Å². The first-order valence-electron chi connectivity index (χ1n) is 5.91. The second-order valence-electron chi connectivity index (χ2n) is 4.31. The minimum absolute atomic E-state index is 0.0804. The number of rotatable bonds is 3. The van der Waals surface area contributed by atoms with E-state index in [0.29, 0.717) is 11.6 Å². The monoisotopic (exact) mass is 278 g/mol. The molecule has 1 amide bonds. The molecule has 1 heterocycles. The summed E-state index contributed by atoms with van der Waals surface area (Å²) < 4.78 is 1.94. The third-order valence-electron chi connectivity index (χ3n) is 2.80. The van der Waals surface area contributed by atoms with E-state index < -0.39 is 0 Å². The first kappa shape index (κ1) is 13.5. The highest BCUT2D eigenvalue weighted by molar-refractivity contribution is 6.30. The van der Waals surface area contributed by atoms with E-state index in [9.17, 15) is 4.79 Å². The predicted molar refractivity (Wildman–Crippen MR) is 73.4 cm³/mol. The van der Waals surface area contributed by atoms with E-state index in [1.54, 1.807) is 0 Å². The number of nitrogens with one attached hydrogen (secondary N) is 1. The largest absolute Gasteiger partial charge is 0.352 e. The maximum atomic E-state index is 11.1. The number of amides is 1. The topological polar surface area (TPSA) is 59.8 Å². The molecule has 1 N–H and O–H groups in total. The molecule has 0 aliphatic rings. The molecule has 1 aromatic carbocycles. The van der Waals surface area contributed by atoms with Gasteiger partial charge in [0.2, 0.25) is 5.91 Å². The summed E-state index contributed by atoms with van der Waals surface area (Å²) in [5.74, 6) is 1.51. The van der Waals surface area contributed by atoms with Crippen molar-refractivity contribution in [2.45, 2.75) is 27.3 Å². The molecule has 0 aliphatic carbocycles. The van der Waals surface area contributed by atoms with Crippen LogP contribution in [0.15, 0.2) is 18.2 Å². The normalized spacial score (nSPS) is 10.5. The van der Waals surface area contributed by atoms with Gasteiger partial charge in [0.15, 0.2) is 0 Å². The quantitative estimate of drug-likeness (QED) is 0.936. The summed E-state index contributed by atoms with van der Waals surface area (Å²) in [5.41, 5.74) is 1.85. The molecular weight excluding hydrogens is 264 g/mol. The van der Waals surface area contributed by atoms with Crippen LogP contribution in [0.3, 0.4) is 0 Å². The smallest absolute Gasteiger partial charge is 0.217 e. The number of halogens is 1. The van der Waals surface area contributed by atoms with Gasteiger partial charge in [0.05, 0.1) is 5.69 Å². The molecule has 0 fully saturated rings. The Labute approximate surface area is 116 Å². The van der Waals surface area contributed by atoms with Crippen LogP contribution in [-0.2, 0) is 11.3 Å². The fourth-order valence-electron chi connectivity index (χ4n) is 1.95. The average Bonchev–Trinajstić information content (AvgIpc) is 2.67. The van der Waals surface area contributed by atoms with E-state index in [0.717, 1.165) is 22.9 Å². The van der Waals surface area contributed by atoms with E-state index >= 15 is 0 Å². The Bertz CT molecular complexity index is 602. The van der Waals surface area contributed by atoms with Crippen LogP contribution in [0.1, 0.15) is 24.1 Å². The molecule has 0 spiro atoms. The molecule has 0 radical (unpaired) electrons. The lowest BCUT2D eigenvalue weighted by Crippen LogP contribution is -2.20. The SMILES string of the molecule is CC(=O)NCc1cc(Cl)ccc1-n1c(C)nnc1C. The second-order valence-corrected chi connectivity index (χ2v) is 4.75. The molecule has 0 aliphatic heterocycles. The van der Waals surface area contributed by atoms with Gasteiger partial charge in [-0.3, -0.25) is 9.36 Å². The summed E-state index contributed by atoms with van der Waals surface area (Å²) in [5, 5.41) is 11.5. The average molecular weight is 279 g/mol. The van der Waals surface area contributed by atoms with Crippen molar-refractivity contribution in [3.63, 3.8) is 0 Å². The van der Waals surface area contributed by atoms with Crippen LogP contribution in [-0.4, -0.2) is 20.7 Å². The molecular formula is C13H15ClN4O. The Balaban J connectivity index is 2.48. The zero-order chi connectivity index (χ0) is 14.0. The minimum Gasteiger partial charge on any atom is -0.352 e. The predicted octanol–water partition coefficient (Wildman–Crippen LogP) is 2.17. The summed E-state index contributed by atoms with van der Waals surface area (Å²) in [6, 6.07) is 5.56. The van der Waals surface area contributed by atoms with Gasteiger partial charge in [-0.1, -0.05) is 11.6 Å². The highest BCUT2D eigenvalue weighted by Gasteiger charge is 2.12. The van der Waals surface area contributed by atoms with Crippen molar-refractivity contribution in [1.82, 2.24) is 20.1 Å². The molecule has 0 bridgehead atoms. The van der Waals surface area contributed by atoms with Crippen LogP contribution in [0.25, 0.3) is 5.69 Å². The maximum absolute atomic E-state index is 11.1. The van der Waals surface area contributed by atoms with Crippen LogP contribution < -0.4 is 5.32 Å². The minimum atomic E-state index is -0.0804. The third-order valence-corrected chi connectivity index (χ3v) is 3.03. The van der Waals surface area contributed by atoms with Crippen molar-refractivity contribution in [1.29, 1.82) is 0 Å². The van der Waals surface area contributed by atoms with Crippen molar-refractivity contribution < 1.29 is 4.79 Å². The van der Waals surface area contributed by atoms with Crippen LogP contribution in [0.2, 0.25) is 5.02 Å². The van der Waals surface area contributed by atoms with Gasteiger partial charge in [0.25, 0.3) is 0 Å². The van der Waals surface area contributed by atoms with E-state index in [-0.39, 0.29) is 5.91 Å². The summed E-state index contributed by atoms with van der Waals surface area (Å²) in [6.07, 6.45) is 0. The van der Waals surface area contributed by atoms with Gasteiger partial charge >= 0.3 is 0 Å². The molecule has 19 heavy (non-hydrogen) atoms. The second kappa shape index (κ2) is 5.40. The van der Waals surface area contributed by atoms with Gasteiger partial charge in [0, 0.05) is 18.5 Å². The number of hydrogen-bond acceptors (Lipinski definition) is 3. The summed E-state index contributed by atoms with van der Waals surface area (Å²) in [4.78, 5) is 11.1. The summed E-state index contributed by atoms with van der Waals surface area (Å²) in [6.45, 7) is 5.68. The molecule has 5 nitrogen and oxygen atoms in total. The zero-order valence-corrected chi connectivity index (χ0v) is 11.8. The van der Waals surface area contributed by atoms with Crippen molar-refractivity contribution >= 4 is 17.5 Å². The van der Waals surface area contributed by atoms with Crippen LogP contribution in [0.5, 0.6) is 0 Å². The Hall–Kier alpha value is -1.88. The van der Waals surface area contributed by atoms with Crippen LogP contribution in [0.4, 0.5) is 0 Å². The van der Waals surface area contributed by atoms with E-state index in [4.69, 9.17) is 11.6 Å². The van der Waals surface area contributed by atoms with E-state index in [2.05, 4.69) is 15.5 Å². The Morgan fingerprint density at radius 3 is 2.53 bits per heavy atom. The number of carbonyl (C=O) groups excluding carboxylic acids is 1. The highest BCUT2D eigenvalue weighted by Crippen LogP contribution is 2.21. The van der Waals surface area contributed by atoms with Gasteiger partial charge in [-0.2, -0.15) is 0 Å². The van der Waals surface area contributed by atoms with Crippen molar-refractivity contribution in [3.8, 4) is 5.69 Å². The molecule has 0 unspecified atom stereocenters. The number of carbonyl (C=O) groups is 1. The van der Waals surface area contributed by atoms with Gasteiger partial charge in [-0.15, -0.1) is 10.2 Å². The zero-order valence-electron chi connectivity index (χ0n) is 11.1. The number of aryl methyl sites for hydroxylation is 2. The van der Waals surface area contributed by atoms with Crippen molar-refractivity contribution in [2.75, 3.05) is 0 Å². The maximum Gasteiger partial charge on any atom is 0.217 e. The molecule has 2 rings (SSSR count). The Kier molecular flexibility index (Phi) is 3.85. The van der Waals surface area contributed by atoms with Crippen molar-refractivity contribution in [2.24, 2.45) is 0 Å². The first-order valence-corrected chi connectivity index (χ1v) is 6.28. The molecule has 0 saturated carbocycles. The fraction of sp³-hybridized carbons (Fsp3) is 0.308. The van der Waals surface area contributed by atoms with E-state index in [1.165, 1.54) is 6.92 Å². The molecule has 2 aromatic rings. The number of benzene rings is 1. The number of aromatic nitrogens is 3. The third kappa shape index (κ3) is 2.93. The summed E-state index contributed by atoms with van der Waals surface area (Å²) >= 11 is 6.02. The van der Waals surface area contributed by atoms with E-state index in [1.807, 2.05) is 36.6 Å². The van der Waals surface area contributed by atoms with Crippen molar-refractivity contribution in [3.05, 3.63) is 40.4 Å². The summed E-state index contributed by atoms with van der Waals surface area (Å²) in [7, 11) is 0. The molecule has 100 valence electrons. The standard InChI is InChI=1S/C13H15ClN4O/c1-8-16-17-9(2)18(8)13-5-4-12(14)6-11(13)7-15-10(3)19/h4-6H,7H2,1-3H3,(H,15,19). The molecule has 1 aromatic heterocycles. The first-order chi connectivity index (χ1) is 8.99. The number of nitrogens with zero attached hydrogens (tertiary/aromatic N) is 3.